The van der Waals surface area contributed by atoms with Gasteiger partial charge in [-0.25, -0.2) is 4.98 Å². The maximum Gasteiger partial charge on any atom is 0.0715 e. The molecule has 1 nitrogen and oxygen atoms in total. The Balaban J connectivity index is 2.08. The Kier molecular flexibility index (Phi) is 4.00. The molecule has 4 rings (SSSR count). The van der Waals surface area contributed by atoms with Gasteiger partial charge in [-0.2, -0.15) is 0 Å². The lowest BCUT2D eigenvalue weighted by Crippen LogP contribution is -1.94. The molecule has 0 N–H and O–H groups in total. The number of pyridine rings is 1. The van der Waals surface area contributed by atoms with Crippen LogP contribution in [0, 0.1) is 0 Å². The zero-order valence-corrected chi connectivity index (χ0v) is 14.0. The van der Waals surface area contributed by atoms with Crippen LogP contribution in [0.1, 0.15) is 25.3 Å². The minimum atomic E-state index is 1.07. The second-order valence-corrected chi connectivity index (χ2v) is 6.28. The highest BCUT2D eigenvalue weighted by Crippen LogP contribution is 2.36. The number of benzene rings is 3. The Morgan fingerprint density at radius 1 is 0.708 bits per heavy atom. The van der Waals surface area contributed by atoms with E-state index in [4.69, 9.17) is 4.98 Å². The first kappa shape index (κ1) is 14.9. The molecule has 0 spiro atoms. The minimum Gasteiger partial charge on any atom is -0.248 e. The molecule has 0 fully saturated rings. The summed E-state index contributed by atoms with van der Waals surface area (Å²) in [4.78, 5) is 4.86. The van der Waals surface area contributed by atoms with Crippen LogP contribution < -0.4 is 0 Å². The molecule has 0 saturated carbocycles. The highest BCUT2D eigenvalue weighted by molar-refractivity contribution is 6.09. The van der Waals surface area contributed by atoms with Gasteiger partial charge in [0.05, 0.1) is 11.0 Å². The van der Waals surface area contributed by atoms with Gasteiger partial charge in [0.2, 0.25) is 0 Å². The van der Waals surface area contributed by atoms with Gasteiger partial charge in [0, 0.05) is 16.3 Å². The van der Waals surface area contributed by atoms with E-state index in [0.717, 1.165) is 17.5 Å². The van der Waals surface area contributed by atoms with Crippen molar-refractivity contribution in [3.05, 3.63) is 78.4 Å². The van der Waals surface area contributed by atoms with E-state index in [1.807, 2.05) is 0 Å². The van der Waals surface area contributed by atoms with Crippen LogP contribution in [-0.4, -0.2) is 4.98 Å². The molecule has 4 aromatic rings. The van der Waals surface area contributed by atoms with Crippen molar-refractivity contribution < 1.29 is 0 Å². The molecule has 0 amide bonds. The molecule has 0 aliphatic heterocycles. The number of unbranched alkanes of at least 4 members (excludes halogenated alkanes) is 1. The van der Waals surface area contributed by atoms with Gasteiger partial charge in [0.1, 0.15) is 0 Å². The summed E-state index contributed by atoms with van der Waals surface area (Å²) in [6.45, 7) is 2.25. The molecule has 0 aliphatic rings. The number of rotatable bonds is 4. The predicted molar refractivity (Wildman–Crippen MR) is 103 cm³/mol. The van der Waals surface area contributed by atoms with Crippen molar-refractivity contribution >= 4 is 21.8 Å². The van der Waals surface area contributed by atoms with Crippen molar-refractivity contribution in [2.24, 2.45) is 0 Å². The number of aromatic nitrogens is 1. The van der Waals surface area contributed by atoms with Gasteiger partial charge in [-0.3, -0.25) is 0 Å². The summed E-state index contributed by atoms with van der Waals surface area (Å²) in [5.74, 6) is 0. The lowest BCUT2D eigenvalue weighted by atomic mass is 9.91. The summed E-state index contributed by atoms with van der Waals surface area (Å²) >= 11 is 0. The van der Waals surface area contributed by atoms with Crippen LogP contribution in [0.15, 0.2) is 72.8 Å². The lowest BCUT2D eigenvalue weighted by Gasteiger charge is -2.15. The summed E-state index contributed by atoms with van der Waals surface area (Å²) in [6.07, 6.45) is 3.56. The molecule has 0 saturated heterocycles. The lowest BCUT2D eigenvalue weighted by molar-refractivity contribution is 0.796. The fraction of sp³-hybridized carbons (Fsp3) is 0.174. The van der Waals surface area contributed by atoms with E-state index in [1.54, 1.807) is 0 Å². The normalized spacial score (nSPS) is 11.2. The maximum absolute atomic E-state index is 4.86. The first-order chi connectivity index (χ1) is 11.9. The minimum absolute atomic E-state index is 1.07. The predicted octanol–water partition coefficient (Wildman–Crippen LogP) is 6.40. The number of aryl methyl sites for hydroxylation is 1. The Morgan fingerprint density at radius 3 is 1.96 bits per heavy atom. The molecular weight excluding hydrogens is 290 g/mol. The van der Waals surface area contributed by atoms with E-state index < -0.39 is 0 Å². The first-order valence-electron chi connectivity index (χ1n) is 8.74. The largest absolute Gasteiger partial charge is 0.248 e. The number of para-hydroxylation sites is 2. The fourth-order valence-electron chi connectivity index (χ4n) is 3.48. The van der Waals surface area contributed by atoms with Crippen molar-refractivity contribution in [1.82, 2.24) is 4.98 Å². The van der Waals surface area contributed by atoms with Gasteiger partial charge >= 0.3 is 0 Å². The smallest absolute Gasteiger partial charge is 0.0715 e. The standard InChI is InChI=1S/C23H21N/c1-2-3-10-17-11-4-5-12-18(17)23-19-13-6-8-15-21(19)24-22-16-9-7-14-20(22)23/h4-9,11-16H,2-3,10H2,1H3. The van der Waals surface area contributed by atoms with Crippen molar-refractivity contribution in [2.75, 3.05) is 0 Å². The van der Waals surface area contributed by atoms with Crippen molar-refractivity contribution in [1.29, 1.82) is 0 Å². The summed E-state index contributed by atoms with van der Waals surface area (Å²) in [6, 6.07) is 25.8. The van der Waals surface area contributed by atoms with E-state index in [1.165, 1.54) is 40.3 Å². The molecule has 3 aromatic carbocycles. The summed E-state index contributed by atoms with van der Waals surface area (Å²) in [5.41, 5.74) is 6.23. The molecule has 1 heteroatoms. The molecule has 24 heavy (non-hydrogen) atoms. The molecule has 0 radical (unpaired) electrons. The van der Waals surface area contributed by atoms with Gasteiger partial charge in [0.25, 0.3) is 0 Å². The van der Waals surface area contributed by atoms with Gasteiger partial charge < -0.3 is 0 Å². The molecule has 1 heterocycles. The Hall–Kier alpha value is -2.67. The summed E-state index contributed by atoms with van der Waals surface area (Å²) in [5, 5.41) is 2.47. The average molecular weight is 311 g/mol. The summed E-state index contributed by atoms with van der Waals surface area (Å²) < 4.78 is 0. The topological polar surface area (TPSA) is 12.9 Å². The van der Waals surface area contributed by atoms with E-state index in [9.17, 15) is 0 Å². The number of hydrogen-bond donors (Lipinski definition) is 0. The van der Waals surface area contributed by atoms with E-state index in [-0.39, 0.29) is 0 Å². The fourth-order valence-corrected chi connectivity index (χ4v) is 3.48. The number of hydrogen-bond acceptors (Lipinski definition) is 1. The van der Waals surface area contributed by atoms with Gasteiger partial charge in [-0.05, 0) is 36.1 Å². The maximum atomic E-state index is 4.86. The van der Waals surface area contributed by atoms with Crippen LogP contribution in [0.5, 0.6) is 0 Å². The molecule has 0 bridgehead atoms. The summed E-state index contributed by atoms with van der Waals surface area (Å²) in [7, 11) is 0. The van der Waals surface area contributed by atoms with Crippen LogP contribution in [0.2, 0.25) is 0 Å². The van der Waals surface area contributed by atoms with Gasteiger partial charge in [-0.1, -0.05) is 74.0 Å². The third-order valence-electron chi connectivity index (χ3n) is 4.67. The SMILES string of the molecule is CCCCc1ccccc1-c1c2ccccc2nc2ccccc12. The zero-order valence-electron chi connectivity index (χ0n) is 14.0. The highest BCUT2D eigenvalue weighted by Gasteiger charge is 2.13. The van der Waals surface area contributed by atoms with Gasteiger partial charge in [0.15, 0.2) is 0 Å². The molecule has 118 valence electrons. The van der Waals surface area contributed by atoms with E-state index >= 15 is 0 Å². The second kappa shape index (κ2) is 6.45. The van der Waals surface area contributed by atoms with Crippen LogP contribution in [0.25, 0.3) is 32.9 Å². The highest BCUT2D eigenvalue weighted by atomic mass is 14.7. The van der Waals surface area contributed by atoms with Crippen LogP contribution in [-0.2, 0) is 6.42 Å². The van der Waals surface area contributed by atoms with Crippen LogP contribution in [0.4, 0.5) is 0 Å². The zero-order chi connectivity index (χ0) is 16.4. The second-order valence-electron chi connectivity index (χ2n) is 6.28. The quantitative estimate of drug-likeness (QED) is 0.397. The third-order valence-corrected chi connectivity index (χ3v) is 4.67. The first-order valence-corrected chi connectivity index (χ1v) is 8.74. The molecule has 0 aliphatic carbocycles. The molecule has 1 aromatic heterocycles. The number of nitrogens with zero attached hydrogens (tertiary/aromatic N) is 1. The van der Waals surface area contributed by atoms with Crippen LogP contribution in [0.3, 0.4) is 0 Å². The Morgan fingerprint density at radius 2 is 1.29 bits per heavy atom. The molecule has 0 unspecified atom stereocenters. The van der Waals surface area contributed by atoms with Crippen molar-refractivity contribution in [2.45, 2.75) is 26.2 Å². The van der Waals surface area contributed by atoms with Gasteiger partial charge in [-0.15, -0.1) is 0 Å². The van der Waals surface area contributed by atoms with E-state index in [2.05, 4.69) is 79.7 Å². The Bertz CT molecular complexity index is 947. The van der Waals surface area contributed by atoms with Crippen molar-refractivity contribution in [3.8, 4) is 11.1 Å². The molecule has 0 atom stereocenters. The third kappa shape index (κ3) is 2.56. The number of fused-ring (bicyclic) bond motifs is 2. The van der Waals surface area contributed by atoms with Crippen LogP contribution >= 0.6 is 0 Å². The average Bonchev–Trinajstić information content (AvgIpc) is 2.65. The van der Waals surface area contributed by atoms with Crippen molar-refractivity contribution in [3.63, 3.8) is 0 Å². The Labute approximate surface area is 143 Å². The van der Waals surface area contributed by atoms with E-state index in [0.29, 0.717) is 0 Å². The molecular formula is C23H21N. The monoisotopic (exact) mass is 311 g/mol.